The number of amides is 1. The molecule has 3 heterocycles. The van der Waals surface area contributed by atoms with Gasteiger partial charge in [-0.15, -0.1) is 0 Å². The molecule has 0 radical (unpaired) electrons. The maximum atomic E-state index is 12.0. The lowest BCUT2D eigenvalue weighted by Gasteiger charge is -2.15. The summed E-state index contributed by atoms with van der Waals surface area (Å²) >= 11 is 3.53. The van der Waals surface area contributed by atoms with Crippen molar-refractivity contribution in [1.29, 1.82) is 0 Å². The third kappa shape index (κ3) is 4.67. The van der Waals surface area contributed by atoms with Crippen molar-refractivity contribution >= 4 is 49.7 Å². The Bertz CT molecular complexity index is 1310. The molecule has 0 spiro atoms. The number of ether oxygens (including phenoxy) is 1. The molecular weight excluding hydrogens is 486 g/mol. The number of nitrogens with zero attached hydrogens (tertiary/aromatic N) is 5. The van der Waals surface area contributed by atoms with E-state index in [0.29, 0.717) is 29.2 Å². The van der Waals surface area contributed by atoms with Gasteiger partial charge in [-0.2, -0.15) is 10.1 Å². The summed E-state index contributed by atoms with van der Waals surface area (Å²) in [6, 6.07) is 10.3. The van der Waals surface area contributed by atoms with Gasteiger partial charge in [-0.25, -0.2) is 9.67 Å². The number of pyridine rings is 1. The Labute approximate surface area is 199 Å². The van der Waals surface area contributed by atoms with Crippen LogP contribution in [0.15, 0.2) is 47.3 Å². The Hall–Kier alpha value is -3.11. The number of carbonyl (C=O) groups excluding carboxylic acids is 1. The maximum Gasteiger partial charge on any atom is 0.224 e. The van der Waals surface area contributed by atoms with E-state index in [-0.39, 0.29) is 18.0 Å². The van der Waals surface area contributed by atoms with E-state index in [9.17, 15) is 4.79 Å². The van der Waals surface area contributed by atoms with Gasteiger partial charge in [-0.05, 0) is 59.5 Å². The van der Waals surface area contributed by atoms with Crippen molar-refractivity contribution in [2.45, 2.75) is 37.8 Å². The van der Waals surface area contributed by atoms with Crippen molar-refractivity contribution in [3.63, 3.8) is 0 Å². The van der Waals surface area contributed by atoms with Crippen LogP contribution < -0.4 is 10.6 Å². The molecule has 5 rings (SSSR count). The van der Waals surface area contributed by atoms with Crippen LogP contribution in [0.3, 0.4) is 0 Å². The number of methoxy groups -OCH3 is 1. The number of benzene rings is 1. The van der Waals surface area contributed by atoms with E-state index in [0.717, 1.165) is 41.2 Å². The van der Waals surface area contributed by atoms with Gasteiger partial charge in [0.25, 0.3) is 0 Å². The first-order chi connectivity index (χ1) is 16.1. The summed E-state index contributed by atoms with van der Waals surface area (Å²) < 4.78 is 7.47. The van der Waals surface area contributed by atoms with Crippen molar-refractivity contribution in [2.24, 2.45) is 0 Å². The van der Waals surface area contributed by atoms with Gasteiger partial charge in [0.1, 0.15) is 4.60 Å². The minimum absolute atomic E-state index is 0.0273. The summed E-state index contributed by atoms with van der Waals surface area (Å²) in [4.78, 5) is 25.6. The van der Waals surface area contributed by atoms with Crippen LogP contribution in [0.25, 0.3) is 27.6 Å². The monoisotopic (exact) mass is 509 g/mol. The SMILES string of the molecule is COCCC(=O)N[C@@H]1CC[C@@H](Nc2ncc3c(Br)nn(-c4ccc5ncccc5c4)c3n2)C1. The van der Waals surface area contributed by atoms with Crippen LogP contribution in [0.1, 0.15) is 25.7 Å². The first-order valence-electron chi connectivity index (χ1n) is 10.9. The predicted octanol–water partition coefficient (Wildman–Crippen LogP) is 3.61. The topological polar surface area (TPSA) is 107 Å². The number of hydrogen-bond acceptors (Lipinski definition) is 7. The number of carbonyl (C=O) groups is 1. The highest BCUT2D eigenvalue weighted by Crippen LogP contribution is 2.27. The summed E-state index contributed by atoms with van der Waals surface area (Å²) in [5.41, 5.74) is 2.54. The first-order valence-corrected chi connectivity index (χ1v) is 11.7. The molecule has 4 aromatic rings. The molecule has 10 heteroatoms. The van der Waals surface area contributed by atoms with Crippen molar-refractivity contribution in [3.8, 4) is 5.69 Å². The number of hydrogen-bond donors (Lipinski definition) is 2. The second-order valence-corrected chi connectivity index (χ2v) is 8.93. The van der Waals surface area contributed by atoms with Crippen LogP contribution in [0.2, 0.25) is 0 Å². The predicted molar refractivity (Wildman–Crippen MR) is 129 cm³/mol. The normalized spacial score (nSPS) is 18.1. The van der Waals surface area contributed by atoms with E-state index in [2.05, 4.69) is 41.6 Å². The summed E-state index contributed by atoms with van der Waals surface area (Å²) in [6.45, 7) is 0.436. The molecule has 1 aliphatic carbocycles. The number of aromatic nitrogens is 5. The molecule has 2 atom stereocenters. The van der Waals surface area contributed by atoms with Gasteiger partial charge < -0.3 is 15.4 Å². The molecule has 0 bridgehead atoms. The zero-order valence-electron chi connectivity index (χ0n) is 18.2. The third-order valence-corrected chi connectivity index (χ3v) is 6.46. The van der Waals surface area contributed by atoms with Crippen LogP contribution in [0, 0.1) is 0 Å². The lowest BCUT2D eigenvalue weighted by molar-refractivity contribution is -0.122. The minimum Gasteiger partial charge on any atom is -0.384 e. The fourth-order valence-corrected chi connectivity index (χ4v) is 4.67. The number of rotatable bonds is 7. The average molecular weight is 510 g/mol. The molecule has 0 saturated heterocycles. The van der Waals surface area contributed by atoms with E-state index in [1.807, 2.05) is 35.0 Å². The molecule has 1 fully saturated rings. The molecule has 9 nitrogen and oxygen atoms in total. The zero-order valence-corrected chi connectivity index (χ0v) is 19.7. The standard InChI is InChI=1S/C23H24BrN7O2/c1-33-10-8-20(32)27-15-4-5-16(12-15)28-23-26-13-18-21(24)30-31(22(18)29-23)17-6-7-19-14(11-17)3-2-9-25-19/h2-3,6-7,9,11,13,15-16H,4-5,8,10,12H2,1H3,(H,27,32)(H,26,28,29)/t15-,16-/m1/s1. The molecule has 1 aromatic carbocycles. The number of anilines is 1. The minimum atomic E-state index is 0.0273. The molecule has 0 unspecified atom stereocenters. The quantitative estimate of drug-likeness (QED) is 0.391. The van der Waals surface area contributed by atoms with E-state index < -0.39 is 0 Å². The van der Waals surface area contributed by atoms with Crippen molar-refractivity contribution in [1.82, 2.24) is 30.0 Å². The van der Waals surface area contributed by atoms with E-state index >= 15 is 0 Å². The zero-order chi connectivity index (χ0) is 22.8. The lowest BCUT2D eigenvalue weighted by atomic mass is 10.2. The van der Waals surface area contributed by atoms with Gasteiger partial charge >= 0.3 is 0 Å². The molecule has 1 saturated carbocycles. The number of fused-ring (bicyclic) bond motifs is 2. The van der Waals surface area contributed by atoms with E-state index in [4.69, 9.17) is 9.72 Å². The smallest absolute Gasteiger partial charge is 0.224 e. The summed E-state index contributed by atoms with van der Waals surface area (Å²) in [5, 5.41) is 13.0. The molecule has 33 heavy (non-hydrogen) atoms. The summed E-state index contributed by atoms with van der Waals surface area (Å²) in [5.74, 6) is 0.578. The van der Waals surface area contributed by atoms with Crippen molar-refractivity contribution in [3.05, 3.63) is 47.3 Å². The third-order valence-electron chi connectivity index (χ3n) is 5.87. The fraction of sp³-hybridized carbons (Fsp3) is 0.348. The Kier molecular flexibility index (Phi) is 6.19. The highest BCUT2D eigenvalue weighted by atomic mass is 79.9. The molecule has 0 aliphatic heterocycles. The number of nitrogens with one attached hydrogen (secondary N) is 2. The lowest BCUT2D eigenvalue weighted by Crippen LogP contribution is -2.34. The molecule has 3 aromatic heterocycles. The van der Waals surface area contributed by atoms with Crippen LogP contribution >= 0.6 is 15.9 Å². The average Bonchev–Trinajstić information content (AvgIpc) is 3.40. The van der Waals surface area contributed by atoms with Crippen molar-refractivity contribution < 1.29 is 9.53 Å². The Morgan fingerprint density at radius 1 is 1.24 bits per heavy atom. The summed E-state index contributed by atoms with van der Waals surface area (Å²) in [7, 11) is 1.60. The Morgan fingerprint density at radius 3 is 3.00 bits per heavy atom. The molecule has 1 amide bonds. The maximum absolute atomic E-state index is 12.0. The van der Waals surface area contributed by atoms with Crippen LogP contribution in [-0.4, -0.2) is 56.4 Å². The van der Waals surface area contributed by atoms with Crippen LogP contribution in [0.4, 0.5) is 5.95 Å². The summed E-state index contributed by atoms with van der Waals surface area (Å²) in [6.07, 6.45) is 6.64. The Balaban J connectivity index is 1.35. The van der Waals surface area contributed by atoms with Gasteiger partial charge in [0.2, 0.25) is 11.9 Å². The molecule has 2 N–H and O–H groups in total. The van der Waals surface area contributed by atoms with Crippen LogP contribution in [0.5, 0.6) is 0 Å². The molecule has 1 aliphatic rings. The van der Waals surface area contributed by atoms with Gasteiger partial charge in [0.15, 0.2) is 5.65 Å². The Morgan fingerprint density at radius 2 is 2.12 bits per heavy atom. The van der Waals surface area contributed by atoms with E-state index in [1.165, 1.54) is 0 Å². The highest BCUT2D eigenvalue weighted by molar-refractivity contribution is 9.10. The van der Waals surface area contributed by atoms with Gasteiger partial charge in [-0.1, -0.05) is 6.07 Å². The van der Waals surface area contributed by atoms with Crippen molar-refractivity contribution in [2.75, 3.05) is 19.0 Å². The molecular formula is C23H24BrN7O2. The van der Waals surface area contributed by atoms with Gasteiger partial charge in [-0.3, -0.25) is 9.78 Å². The van der Waals surface area contributed by atoms with Gasteiger partial charge in [0, 0.05) is 43.4 Å². The fourth-order valence-electron chi connectivity index (χ4n) is 4.23. The first kappa shape index (κ1) is 21.7. The van der Waals surface area contributed by atoms with Gasteiger partial charge in [0.05, 0.1) is 23.2 Å². The highest BCUT2D eigenvalue weighted by Gasteiger charge is 2.26. The molecule has 170 valence electrons. The van der Waals surface area contributed by atoms with Crippen LogP contribution in [-0.2, 0) is 9.53 Å². The number of halogens is 1. The largest absolute Gasteiger partial charge is 0.384 e. The second kappa shape index (κ2) is 9.40. The van der Waals surface area contributed by atoms with E-state index in [1.54, 1.807) is 19.5 Å². The second-order valence-electron chi connectivity index (χ2n) is 8.18.